The number of nitrogens with zero attached hydrogens (tertiary/aromatic N) is 3. The molecule has 0 aliphatic carbocycles. The highest BCUT2D eigenvalue weighted by atomic mass is 15.0. The van der Waals surface area contributed by atoms with Crippen LogP contribution in [0.25, 0.3) is 110 Å². The van der Waals surface area contributed by atoms with Gasteiger partial charge in [0.1, 0.15) is 0 Å². The van der Waals surface area contributed by atoms with Crippen molar-refractivity contribution in [3.63, 3.8) is 0 Å². The Balaban J connectivity index is 1.18. The Kier molecular flexibility index (Phi) is 7.23. The number of rotatable bonds is 5. The summed E-state index contributed by atoms with van der Waals surface area (Å²) in [6.07, 6.45) is 0. The van der Waals surface area contributed by atoms with Crippen LogP contribution in [0.4, 0.5) is 0 Å². The topological polar surface area (TPSA) is 22.8 Å². The van der Waals surface area contributed by atoms with Crippen LogP contribution in [0, 0.1) is 0 Å². The van der Waals surface area contributed by atoms with Crippen LogP contribution in [0.3, 0.4) is 0 Å². The molecule has 0 bridgehead atoms. The molecule has 0 spiro atoms. The van der Waals surface area contributed by atoms with E-state index < -0.39 is 0 Å². The fourth-order valence-electron chi connectivity index (χ4n) is 9.18. The molecule has 0 aliphatic heterocycles. The van der Waals surface area contributed by atoms with Crippen molar-refractivity contribution in [2.45, 2.75) is 0 Å². The molecule has 0 aliphatic rings. The first kappa shape index (κ1) is 32.5. The maximum atomic E-state index is 5.51. The van der Waals surface area contributed by atoms with Crippen molar-refractivity contribution >= 4 is 65.2 Å². The molecule has 3 heteroatoms. The van der Waals surface area contributed by atoms with Crippen molar-refractivity contribution in [1.82, 2.24) is 14.1 Å². The second-order valence-electron chi connectivity index (χ2n) is 15.2. The quantitative estimate of drug-likeness (QED) is 0.172. The molecule has 0 fully saturated rings. The summed E-state index contributed by atoms with van der Waals surface area (Å²) in [5, 5.41) is 9.75. The van der Waals surface area contributed by atoms with Gasteiger partial charge < -0.3 is 9.13 Å². The smallest absolute Gasteiger partial charge is 0.0789 e. The molecule has 0 radical (unpaired) electrons. The van der Waals surface area contributed by atoms with E-state index in [1.54, 1.807) is 0 Å². The molecule has 0 N–H and O–H groups in total. The maximum absolute atomic E-state index is 5.51. The summed E-state index contributed by atoms with van der Waals surface area (Å²) < 4.78 is 4.97. The first-order valence-electron chi connectivity index (χ1n) is 19.9. The van der Waals surface area contributed by atoms with Gasteiger partial charge in [-0.3, -0.25) is 0 Å². The monoisotopic (exact) mass is 737 g/mol. The van der Waals surface area contributed by atoms with Crippen molar-refractivity contribution in [3.8, 4) is 45.0 Å². The fraction of sp³-hybridized carbons (Fsp3) is 0. The van der Waals surface area contributed by atoms with E-state index in [-0.39, 0.29) is 0 Å². The summed E-state index contributed by atoms with van der Waals surface area (Å²) >= 11 is 0. The Morgan fingerprint density at radius 2 is 0.862 bits per heavy atom. The fourth-order valence-corrected chi connectivity index (χ4v) is 9.18. The Labute approximate surface area is 335 Å². The van der Waals surface area contributed by atoms with E-state index in [1.807, 2.05) is 0 Å². The zero-order valence-corrected chi connectivity index (χ0v) is 31.5. The van der Waals surface area contributed by atoms with Crippen LogP contribution < -0.4 is 0 Å². The lowest BCUT2D eigenvalue weighted by atomic mass is 9.98. The van der Waals surface area contributed by atoms with E-state index in [0.29, 0.717) is 0 Å². The minimum absolute atomic E-state index is 0.924. The Bertz CT molecular complexity index is 3570. The molecule has 12 aromatic rings. The van der Waals surface area contributed by atoms with Gasteiger partial charge in [-0.05, 0) is 81.2 Å². The highest BCUT2D eigenvalue weighted by Crippen LogP contribution is 2.44. The lowest BCUT2D eigenvalue weighted by Gasteiger charge is -2.17. The van der Waals surface area contributed by atoms with Crippen LogP contribution in [0.5, 0.6) is 0 Å². The minimum Gasteiger partial charge on any atom is -0.307 e. The number of benzene rings is 9. The standard InChI is InChI=1S/C55H35N3/c1-2-14-36(15-3-1)42-34-49(41-27-26-37-16-4-6-18-39(37)32-41)56-50(35-42)48-22-10-13-25-53(48)58-52-24-12-9-21-45(52)47-31-30-46-44-20-8-11-23-51(44)57(54(46)55(47)58)43-29-28-38-17-5-7-19-40(38)33-43/h1-35H. The first-order chi connectivity index (χ1) is 28.8. The van der Waals surface area contributed by atoms with Crippen LogP contribution >= 0.6 is 0 Å². The van der Waals surface area contributed by atoms with Gasteiger partial charge in [0, 0.05) is 38.4 Å². The van der Waals surface area contributed by atoms with E-state index in [1.165, 1.54) is 59.6 Å². The third-order valence-corrected chi connectivity index (χ3v) is 11.9. The molecule has 3 aromatic heterocycles. The van der Waals surface area contributed by atoms with Crippen LogP contribution in [0.1, 0.15) is 0 Å². The van der Waals surface area contributed by atoms with Crippen LogP contribution in [-0.4, -0.2) is 14.1 Å². The third-order valence-electron chi connectivity index (χ3n) is 11.9. The zero-order chi connectivity index (χ0) is 38.2. The van der Waals surface area contributed by atoms with E-state index in [9.17, 15) is 0 Å². The predicted octanol–water partition coefficient (Wildman–Crippen LogP) is 14.6. The second-order valence-corrected chi connectivity index (χ2v) is 15.2. The zero-order valence-electron chi connectivity index (χ0n) is 31.5. The van der Waals surface area contributed by atoms with E-state index in [4.69, 9.17) is 4.98 Å². The third kappa shape index (κ3) is 5.04. The number of fused-ring (bicyclic) bond motifs is 9. The van der Waals surface area contributed by atoms with E-state index >= 15 is 0 Å². The first-order valence-corrected chi connectivity index (χ1v) is 19.9. The molecule has 0 unspecified atom stereocenters. The molecule has 3 heterocycles. The molecule has 0 amide bonds. The average Bonchev–Trinajstić information content (AvgIpc) is 3.82. The highest BCUT2D eigenvalue weighted by molar-refractivity contribution is 6.24. The second kappa shape index (κ2) is 12.9. The summed E-state index contributed by atoms with van der Waals surface area (Å²) in [6.45, 7) is 0. The van der Waals surface area contributed by atoms with Gasteiger partial charge in [-0.1, -0.05) is 164 Å². The minimum atomic E-state index is 0.924. The predicted molar refractivity (Wildman–Crippen MR) is 244 cm³/mol. The maximum Gasteiger partial charge on any atom is 0.0789 e. The highest BCUT2D eigenvalue weighted by Gasteiger charge is 2.23. The molecule has 12 rings (SSSR count). The average molecular weight is 738 g/mol. The van der Waals surface area contributed by atoms with Gasteiger partial charge in [-0.15, -0.1) is 0 Å². The number of hydrogen-bond acceptors (Lipinski definition) is 1. The van der Waals surface area contributed by atoms with Gasteiger partial charge in [-0.25, -0.2) is 4.98 Å². The van der Waals surface area contributed by atoms with Gasteiger partial charge in [0.05, 0.1) is 39.1 Å². The summed E-state index contributed by atoms with van der Waals surface area (Å²) in [4.78, 5) is 5.51. The molecule has 270 valence electrons. The van der Waals surface area contributed by atoms with Crippen molar-refractivity contribution in [2.75, 3.05) is 0 Å². The largest absolute Gasteiger partial charge is 0.307 e. The normalized spacial score (nSPS) is 11.8. The van der Waals surface area contributed by atoms with Gasteiger partial charge in [0.25, 0.3) is 0 Å². The SMILES string of the molecule is c1ccc(-c2cc(-c3ccc4ccccc4c3)nc(-c3ccccc3-n3c4ccccc4c4ccc5c6ccccc6n(-c6ccc7ccccc7c6)c5c43)c2)cc1. The van der Waals surface area contributed by atoms with Crippen molar-refractivity contribution < 1.29 is 0 Å². The number of hydrogen-bond donors (Lipinski definition) is 0. The lowest BCUT2D eigenvalue weighted by Crippen LogP contribution is -2.01. The summed E-state index contributed by atoms with van der Waals surface area (Å²) in [6, 6.07) is 76.9. The summed E-state index contributed by atoms with van der Waals surface area (Å²) in [5.41, 5.74) is 13.2. The van der Waals surface area contributed by atoms with E-state index in [2.05, 4.69) is 221 Å². The number of aromatic nitrogens is 3. The van der Waals surface area contributed by atoms with Crippen molar-refractivity contribution in [2.24, 2.45) is 0 Å². The van der Waals surface area contributed by atoms with Gasteiger partial charge in [-0.2, -0.15) is 0 Å². The Morgan fingerprint density at radius 1 is 0.310 bits per heavy atom. The molecule has 9 aromatic carbocycles. The lowest BCUT2D eigenvalue weighted by molar-refractivity contribution is 1.15. The van der Waals surface area contributed by atoms with Gasteiger partial charge in [0.15, 0.2) is 0 Å². The molecule has 58 heavy (non-hydrogen) atoms. The Morgan fingerprint density at radius 3 is 1.60 bits per heavy atom. The molecular weight excluding hydrogens is 703 g/mol. The van der Waals surface area contributed by atoms with Crippen molar-refractivity contribution in [3.05, 3.63) is 212 Å². The van der Waals surface area contributed by atoms with Crippen molar-refractivity contribution in [1.29, 1.82) is 0 Å². The molecule has 0 saturated carbocycles. The summed E-state index contributed by atoms with van der Waals surface area (Å²) in [7, 11) is 0. The van der Waals surface area contributed by atoms with E-state index in [0.717, 1.165) is 50.5 Å². The van der Waals surface area contributed by atoms with Crippen LogP contribution in [0.15, 0.2) is 212 Å². The van der Waals surface area contributed by atoms with Gasteiger partial charge >= 0.3 is 0 Å². The Hall–Kier alpha value is -7.75. The van der Waals surface area contributed by atoms with Gasteiger partial charge in [0.2, 0.25) is 0 Å². The van der Waals surface area contributed by atoms with Crippen LogP contribution in [0.2, 0.25) is 0 Å². The number of para-hydroxylation sites is 3. The summed E-state index contributed by atoms with van der Waals surface area (Å²) in [5.74, 6) is 0. The van der Waals surface area contributed by atoms with Crippen LogP contribution in [-0.2, 0) is 0 Å². The molecule has 0 atom stereocenters. The molecule has 3 nitrogen and oxygen atoms in total. The number of pyridine rings is 1. The molecule has 0 saturated heterocycles. The molecular formula is C55H35N3.